The van der Waals surface area contributed by atoms with Gasteiger partial charge in [0.25, 0.3) is 5.56 Å². The average Bonchev–Trinajstić information content (AvgIpc) is 3.28. The van der Waals surface area contributed by atoms with E-state index in [1.165, 1.54) is 0 Å². The predicted octanol–water partition coefficient (Wildman–Crippen LogP) is 2.59. The van der Waals surface area contributed by atoms with Crippen LogP contribution < -0.4 is 21.1 Å². The Morgan fingerprint density at radius 1 is 1.07 bits per heavy atom. The van der Waals surface area contributed by atoms with E-state index in [0.717, 1.165) is 36.7 Å². The lowest BCUT2D eigenvalue weighted by Gasteiger charge is -2.25. The number of hydrogen-bond donors (Lipinski definition) is 3. The lowest BCUT2D eigenvalue weighted by molar-refractivity contribution is -0.123. The average molecular weight is 403 g/mol. The normalized spacial score (nSPS) is 18.2. The molecule has 30 heavy (non-hydrogen) atoms. The number of carbonyl (C=O) groups excluding carboxylic acids is 2. The largest absolute Gasteiger partial charge is 0.342 e. The van der Waals surface area contributed by atoms with Crippen molar-refractivity contribution in [1.82, 2.24) is 9.97 Å². The molecule has 1 saturated heterocycles. The molecule has 3 heterocycles. The second-order valence-electron chi connectivity index (χ2n) is 7.67. The summed E-state index contributed by atoms with van der Waals surface area (Å²) in [6.07, 6.45) is 1.96. The molecule has 2 aromatic carbocycles. The van der Waals surface area contributed by atoms with Crippen molar-refractivity contribution in [2.45, 2.75) is 25.2 Å². The van der Waals surface area contributed by atoms with Crippen LogP contribution in [0.4, 0.5) is 17.5 Å². The van der Waals surface area contributed by atoms with E-state index < -0.39 is 11.8 Å². The molecular formula is C22H21N5O3. The van der Waals surface area contributed by atoms with Gasteiger partial charge in [0.1, 0.15) is 5.82 Å². The van der Waals surface area contributed by atoms with Crippen molar-refractivity contribution in [3.05, 3.63) is 58.4 Å². The molecular weight excluding hydrogens is 382 g/mol. The van der Waals surface area contributed by atoms with Gasteiger partial charge in [0.15, 0.2) is 0 Å². The highest BCUT2D eigenvalue weighted by Gasteiger charge is 2.35. The van der Waals surface area contributed by atoms with E-state index in [9.17, 15) is 14.4 Å². The van der Waals surface area contributed by atoms with Crippen LogP contribution in [0.5, 0.6) is 0 Å². The van der Waals surface area contributed by atoms with E-state index in [2.05, 4.69) is 20.6 Å². The Labute approximate surface area is 172 Å². The molecule has 5 rings (SSSR count). The van der Waals surface area contributed by atoms with E-state index in [-0.39, 0.29) is 29.3 Å². The highest BCUT2D eigenvalue weighted by atomic mass is 16.2. The van der Waals surface area contributed by atoms with Crippen LogP contribution in [-0.4, -0.2) is 34.9 Å². The molecule has 2 aliphatic heterocycles. The predicted molar refractivity (Wildman–Crippen MR) is 115 cm³/mol. The molecule has 0 radical (unpaired) electrons. The van der Waals surface area contributed by atoms with E-state index in [4.69, 9.17) is 0 Å². The standard InChI is InChI=1S/C22H21N5O3/c28-17-12-15(20(29)23-16-9-5-7-13-6-1-2-8-14(13)16)18-19(24-17)25-22(26-21(18)30)27-10-3-4-11-27/h1-2,5-9,15H,3-4,10-12H2,(H,23,29)(H2,24,25,26,28,30). The summed E-state index contributed by atoms with van der Waals surface area (Å²) in [5, 5.41) is 7.46. The van der Waals surface area contributed by atoms with Crippen LogP contribution >= 0.6 is 0 Å². The summed E-state index contributed by atoms with van der Waals surface area (Å²) in [5.41, 5.74) is 0.457. The summed E-state index contributed by atoms with van der Waals surface area (Å²) < 4.78 is 0. The molecule has 0 spiro atoms. The maximum Gasteiger partial charge on any atom is 0.258 e. The zero-order valence-corrected chi connectivity index (χ0v) is 16.3. The summed E-state index contributed by atoms with van der Waals surface area (Å²) >= 11 is 0. The Morgan fingerprint density at radius 2 is 1.83 bits per heavy atom. The summed E-state index contributed by atoms with van der Waals surface area (Å²) in [6.45, 7) is 1.61. The molecule has 0 saturated carbocycles. The maximum absolute atomic E-state index is 13.1. The fraction of sp³-hybridized carbons (Fsp3) is 0.273. The van der Waals surface area contributed by atoms with Crippen molar-refractivity contribution < 1.29 is 9.59 Å². The van der Waals surface area contributed by atoms with Crippen LogP contribution in [-0.2, 0) is 9.59 Å². The Kier molecular flexibility index (Phi) is 4.46. The number of carbonyl (C=O) groups is 2. The van der Waals surface area contributed by atoms with Gasteiger partial charge in [0.05, 0.1) is 11.5 Å². The van der Waals surface area contributed by atoms with Crippen LogP contribution in [0.25, 0.3) is 10.8 Å². The van der Waals surface area contributed by atoms with Crippen LogP contribution in [0.1, 0.15) is 30.7 Å². The van der Waals surface area contributed by atoms with E-state index in [1.54, 1.807) is 0 Å². The minimum absolute atomic E-state index is 0.0998. The molecule has 1 unspecified atom stereocenters. The number of fused-ring (bicyclic) bond motifs is 2. The second-order valence-corrected chi connectivity index (χ2v) is 7.67. The van der Waals surface area contributed by atoms with Crippen LogP contribution in [0.15, 0.2) is 47.3 Å². The number of nitrogens with zero attached hydrogens (tertiary/aromatic N) is 2. The van der Waals surface area contributed by atoms with Gasteiger partial charge in [-0.15, -0.1) is 0 Å². The van der Waals surface area contributed by atoms with Gasteiger partial charge in [-0.1, -0.05) is 36.4 Å². The van der Waals surface area contributed by atoms with Crippen molar-refractivity contribution >= 4 is 40.0 Å². The van der Waals surface area contributed by atoms with Gasteiger partial charge < -0.3 is 15.5 Å². The first-order valence-corrected chi connectivity index (χ1v) is 10.1. The molecule has 2 amide bonds. The molecule has 0 aliphatic carbocycles. The fourth-order valence-electron chi connectivity index (χ4n) is 4.22. The summed E-state index contributed by atoms with van der Waals surface area (Å²) in [4.78, 5) is 47.5. The third-order valence-corrected chi connectivity index (χ3v) is 5.71. The molecule has 0 bridgehead atoms. The Balaban J connectivity index is 1.50. The molecule has 2 aliphatic rings. The number of aromatic nitrogens is 2. The molecule has 3 N–H and O–H groups in total. The van der Waals surface area contributed by atoms with E-state index in [0.29, 0.717) is 11.6 Å². The summed E-state index contributed by atoms with van der Waals surface area (Å²) in [5.74, 6) is -1.02. The van der Waals surface area contributed by atoms with Gasteiger partial charge in [-0.05, 0) is 24.3 Å². The number of rotatable bonds is 3. The van der Waals surface area contributed by atoms with E-state index >= 15 is 0 Å². The Bertz CT molecular complexity index is 1210. The number of nitrogens with one attached hydrogen (secondary N) is 3. The number of anilines is 3. The molecule has 8 heteroatoms. The van der Waals surface area contributed by atoms with E-state index in [1.807, 2.05) is 47.4 Å². The SMILES string of the molecule is O=C1CC(C(=O)Nc2cccc3ccccc23)c2c(nc(N3CCCC3)[nH]c2=O)N1. The highest BCUT2D eigenvalue weighted by molar-refractivity contribution is 6.08. The number of amides is 2. The van der Waals surface area contributed by atoms with Crippen molar-refractivity contribution in [2.75, 3.05) is 28.6 Å². The quantitative estimate of drug-likeness (QED) is 0.623. The monoisotopic (exact) mass is 403 g/mol. The maximum atomic E-state index is 13.1. The number of hydrogen-bond acceptors (Lipinski definition) is 5. The minimum atomic E-state index is -0.906. The lowest BCUT2D eigenvalue weighted by Crippen LogP contribution is -2.37. The van der Waals surface area contributed by atoms with Crippen LogP contribution in [0.3, 0.4) is 0 Å². The van der Waals surface area contributed by atoms with Crippen LogP contribution in [0, 0.1) is 0 Å². The van der Waals surface area contributed by atoms with Crippen molar-refractivity contribution in [3.63, 3.8) is 0 Å². The second kappa shape index (κ2) is 7.29. The topological polar surface area (TPSA) is 107 Å². The van der Waals surface area contributed by atoms with Crippen molar-refractivity contribution in [3.8, 4) is 0 Å². The lowest BCUT2D eigenvalue weighted by atomic mass is 9.92. The molecule has 1 fully saturated rings. The van der Waals surface area contributed by atoms with Crippen molar-refractivity contribution in [2.24, 2.45) is 0 Å². The highest BCUT2D eigenvalue weighted by Crippen LogP contribution is 2.32. The first-order valence-electron chi connectivity index (χ1n) is 10.1. The zero-order valence-electron chi connectivity index (χ0n) is 16.3. The smallest absolute Gasteiger partial charge is 0.258 e. The molecule has 152 valence electrons. The molecule has 8 nitrogen and oxygen atoms in total. The number of aromatic amines is 1. The Morgan fingerprint density at radius 3 is 2.67 bits per heavy atom. The van der Waals surface area contributed by atoms with Gasteiger partial charge >= 0.3 is 0 Å². The zero-order chi connectivity index (χ0) is 20.7. The number of benzene rings is 2. The molecule has 1 aromatic heterocycles. The third-order valence-electron chi connectivity index (χ3n) is 5.71. The first-order chi connectivity index (χ1) is 14.6. The van der Waals surface area contributed by atoms with Crippen LogP contribution in [0.2, 0.25) is 0 Å². The molecule has 1 atom stereocenters. The third kappa shape index (κ3) is 3.20. The van der Waals surface area contributed by atoms with Gasteiger partial charge in [0.2, 0.25) is 17.8 Å². The fourth-order valence-corrected chi connectivity index (χ4v) is 4.22. The van der Waals surface area contributed by atoms with Crippen molar-refractivity contribution in [1.29, 1.82) is 0 Å². The van der Waals surface area contributed by atoms with Gasteiger partial charge in [-0.3, -0.25) is 19.4 Å². The van der Waals surface area contributed by atoms with Gasteiger partial charge in [0, 0.05) is 30.6 Å². The summed E-state index contributed by atoms with van der Waals surface area (Å²) in [6, 6.07) is 13.3. The summed E-state index contributed by atoms with van der Waals surface area (Å²) in [7, 11) is 0. The van der Waals surface area contributed by atoms with Gasteiger partial charge in [-0.25, -0.2) is 0 Å². The molecule has 3 aromatic rings. The first kappa shape index (κ1) is 18.4. The van der Waals surface area contributed by atoms with Gasteiger partial charge in [-0.2, -0.15) is 4.98 Å². The minimum Gasteiger partial charge on any atom is -0.342 e. The Hall–Kier alpha value is -3.68. The number of H-pyrrole nitrogens is 1.